The van der Waals surface area contributed by atoms with E-state index in [4.69, 9.17) is 23.2 Å². The molecule has 2 fully saturated rings. The normalized spacial score (nSPS) is 19.4. The van der Waals surface area contributed by atoms with Crippen LogP contribution < -0.4 is 16.0 Å². The van der Waals surface area contributed by atoms with Gasteiger partial charge in [0.05, 0.1) is 22.8 Å². The fourth-order valence-corrected chi connectivity index (χ4v) is 4.59. The van der Waals surface area contributed by atoms with E-state index in [2.05, 4.69) is 16.0 Å². The fraction of sp³-hybridized carbons (Fsp3) is 0.542. The van der Waals surface area contributed by atoms with Crippen molar-refractivity contribution >= 4 is 41.0 Å². The summed E-state index contributed by atoms with van der Waals surface area (Å²) in [6.07, 6.45) is 10.8. The molecule has 0 aromatic heterocycles. The summed E-state index contributed by atoms with van der Waals surface area (Å²) in [6.45, 7) is 1.09. The summed E-state index contributed by atoms with van der Waals surface area (Å²) in [6, 6.07) is 5.69. The van der Waals surface area contributed by atoms with E-state index in [-0.39, 0.29) is 33.0 Å². The molecular formula is C24H35Cl2N4O2. The van der Waals surface area contributed by atoms with Gasteiger partial charge in [-0.25, -0.2) is 9.59 Å². The Morgan fingerprint density at radius 1 is 0.938 bits per heavy atom. The molecule has 4 amide bonds. The van der Waals surface area contributed by atoms with Gasteiger partial charge in [-0.1, -0.05) is 70.2 Å². The predicted molar refractivity (Wildman–Crippen MR) is 133 cm³/mol. The van der Waals surface area contributed by atoms with Gasteiger partial charge in [0.15, 0.2) is 0 Å². The summed E-state index contributed by atoms with van der Waals surface area (Å²) >= 11 is 12.1. The number of benzene rings is 1. The smallest absolute Gasteiger partial charge is 0.322 e. The van der Waals surface area contributed by atoms with Crippen molar-refractivity contribution in [3.63, 3.8) is 0 Å². The average molecular weight is 482 g/mol. The van der Waals surface area contributed by atoms with Gasteiger partial charge in [-0.2, -0.15) is 0 Å². The standard InChI is InChI=1S/C22H31Cl2N4O2.2CH2/c23-16-11-12-20(19(24)14-16)27-22(30)28-13-7-6-10-18(28)15-25-21(29)26-17-8-4-2-1-3-5-9-17;;/h11-12,14,18H,1-10,13,15H2,(H,27,30)(H2,25,26,29);2*1H2. The SMILES string of the molecule is O=C(NCC1CCCCN1C(=O)Nc1ccc(Cl)cc1Cl)N[C]1CCCCCCC1.[CH2].[CH2]. The Labute approximate surface area is 203 Å². The van der Waals surface area contributed by atoms with Crippen molar-refractivity contribution in [2.45, 2.75) is 70.3 Å². The minimum Gasteiger partial charge on any atom is -0.336 e. The third-order valence-electron chi connectivity index (χ3n) is 5.81. The molecule has 3 N–H and O–H groups in total. The Kier molecular flexibility index (Phi) is 12.8. The van der Waals surface area contributed by atoms with Crippen molar-refractivity contribution < 1.29 is 9.59 Å². The summed E-state index contributed by atoms with van der Waals surface area (Å²) in [5, 5.41) is 9.80. The zero-order valence-corrected chi connectivity index (χ0v) is 20.2. The summed E-state index contributed by atoms with van der Waals surface area (Å²) in [5.41, 5.74) is 0.529. The Hall–Kier alpha value is -1.66. The molecule has 2 aliphatic rings. The highest BCUT2D eigenvalue weighted by atomic mass is 35.5. The molecule has 1 heterocycles. The van der Waals surface area contributed by atoms with Crippen molar-refractivity contribution in [3.05, 3.63) is 49.1 Å². The number of hydrogen-bond acceptors (Lipinski definition) is 2. The minimum atomic E-state index is -0.208. The first-order valence-electron chi connectivity index (χ1n) is 10.9. The molecule has 0 spiro atoms. The molecule has 1 aromatic carbocycles. The quantitative estimate of drug-likeness (QED) is 0.452. The van der Waals surface area contributed by atoms with Gasteiger partial charge in [-0.05, 0) is 50.3 Å². The van der Waals surface area contributed by atoms with Crippen LogP contribution in [0, 0.1) is 20.9 Å². The van der Waals surface area contributed by atoms with Crippen LogP contribution in [0.2, 0.25) is 10.0 Å². The van der Waals surface area contributed by atoms with Crippen LogP contribution >= 0.6 is 23.2 Å². The van der Waals surface area contributed by atoms with E-state index in [0.717, 1.165) is 51.0 Å². The van der Waals surface area contributed by atoms with E-state index in [9.17, 15) is 9.59 Å². The number of amides is 4. The van der Waals surface area contributed by atoms with Gasteiger partial charge in [0.2, 0.25) is 0 Å². The molecule has 1 saturated carbocycles. The van der Waals surface area contributed by atoms with Gasteiger partial charge < -0.3 is 20.9 Å². The molecule has 0 bridgehead atoms. The van der Waals surface area contributed by atoms with E-state index in [0.29, 0.717) is 28.8 Å². The summed E-state index contributed by atoms with van der Waals surface area (Å²) in [5.74, 6) is 0. The highest BCUT2D eigenvalue weighted by Gasteiger charge is 2.27. The lowest BCUT2D eigenvalue weighted by Gasteiger charge is -2.36. The van der Waals surface area contributed by atoms with Crippen molar-refractivity contribution in [2.75, 3.05) is 18.4 Å². The number of anilines is 1. The average Bonchev–Trinajstić information content (AvgIpc) is 2.70. The third kappa shape index (κ3) is 8.70. The number of likely N-dealkylation sites (tertiary alicyclic amines) is 1. The Morgan fingerprint density at radius 2 is 1.62 bits per heavy atom. The zero-order chi connectivity index (χ0) is 21.3. The topological polar surface area (TPSA) is 73.5 Å². The van der Waals surface area contributed by atoms with E-state index >= 15 is 0 Å². The number of halogens is 2. The lowest BCUT2D eigenvalue weighted by molar-refractivity contribution is 0.161. The lowest BCUT2D eigenvalue weighted by Crippen LogP contribution is -2.52. The maximum absolute atomic E-state index is 12.8. The number of hydrogen-bond donors (Lipinski definition) is 3. The first-order valence-corrected chi connectivity index (χ1v) is 11.7. The maximum Gasteiger partial charge on any atom is 0.322 e. The number of nitrogens with one attached hydrogen (secondary N) is 3. The Balaban J connectivity index is 0.00000256. The first kappa shape index (κ1) is 28.4. The van der Waals surface area contributed by atoms with Crippen molar-refractivity contribution in [1.29, 1.82) is 0 Å². The molecule has 5 radical (unpaired) electrons. The molecule has 1 saturated heterocycles. The lowest BCUT2D eigenvalue weighted by atomic mass is 9.97. The van der Waals surface area contributed by atoms with Gasteiger partial charge in [-0.15, -0.1) is 0 Å². The van der Waals surface area contributed by atoms with E-state index in [1.807, 2.05) is 0 Å². The molecule has 1 aromatic rings. The highest BCUT2D eigenvalue weighted by molar-refractivity contribution is 6.36. The molecule has 1 aliphatic carbocycles. The highest BCUT2D eigenvalue weighted by Crippen LogP contribution is 2.27. The third-order valence-corrected chi connectivity index (χ3v) is 6.35. The number of rotatable bonds is 4. The van der Waals surface area contributed by atoms with Crippen LogP contribution in [0.5, 0.6) is 0 Å². The fourth-order valence-electron chi connectivity index (χ4n) is 4.13. The van der Waals surface area contributed by atoms with Crippen molar-refractivity contribution in [3.8, 4) is 0 Å². The minimum absolute atomic E-state index is 0. The van der Waals surface area contributed by atoms with E-state index in [1.54, 1.807) is 23.1 Å². The largest absolute Gasteiger partial charge is 0.336 e. The molecule has 1 atom stereocenters. The van der Waals surface area contributed by atoms with Crippen molar-refractivity contribution in [2.24, 2.45) is 0 Å². The van der Waals surface area contributed by atoms with Crippen LogP contribution in [0.25, 0.3) is 0 Å². The van der Waals surface area contributed by atoms with Gasteiger partial charge in [-0.3, -0.25) is 0 Å². The molecule has 6 nitrogen and oxygen atoms in total. The Bertz CT molecular complexity index is 724. The number of urea groups is 2. The summed E-state index contributed by atoms with van der Waals surface area (Å²) in [7, 11) is 0. The van der Waals surface area contributed by atoms with Crippen LogP contribution in [0.4, 0.5) is 15.3 Å². The second kappa shape index (κ2) is 14.5. The molecule has 1 aliphatic heterocycles. The van der Waals surface area contributed by atoms with Gasteiger partial charge >= 0.3 is 12.1 Å². The number of piperidine rings is 1. The van der Waals surface area contributed by atoms with Gasteiger partial charge in [0, 0.05) is 18.1 Å². The van der Waals surface area contributed by atoms with Crippen molar-refractivity contribution in [1.82, 2.24) is 15.5 Å². The maximum atomic E-state index is 12.8. The molecule has 177 valence electrons. The number of carbonyl (C=O) groups is 2. The molecule has 3 rings (SSSR count). The number of carbonyl (C=O) groups excluding carboxylic acids is 2. The van der Waals surface area contributed by atoms with E-state index < -0.39 is 0 Å². The summed E-state index contributed by atoms with van der Waals surface area (Å²) in [4.78, 5) is 27.0. The van der Waals surface area contributed by atoms with Crippen LogP contribution in [0.1, 0.15) is 64.2 Å². The number of nitrogens with zero attached hydrogens (tertiary/aromatic N) is 1. The second-order valence-corrected chi connectivity index (χ2v) is 8.95. The summed E-state index contributed by atoms with van der Waals surface area (Å²) < 4.78 is 0. The van der Waals surface area contributed by atoms with Crippen LogP contribution in [-0.2, 0) is 0 Å². The van der Waals surface area contributed by atoms with Crippen LogP contribution in [0.3, 0.4) is 0 Å². The van der Waals surface area contributed by atoms with E-state index in [1.165, 1.54) is 19.3 Å². The van der Waals surface area contributed by atoms with Gasteiger partial charge in [0.25, 0.3) is 0 Å². The van der Waals surface area contributed by atoms with Gasteiger partial charge in [0.1, 0.15) is 0 Å². The molecule has 32 heavy (non-hydrogen) atoms. The Morgan fingerprint density at radius 3 is 2.31 bits per heavy atom. The molecule has 1 unspecified atom stereocenters. The monoisotopic (exact) mass is 481 g/mol. The second-order valence-electron chi connectivity index (χ2n) is 8.10. The molecular weight excluding hydrogens is 447 g/mol. The zero-order valence-electron chi connectivity index (χ0n) is 18.7. The van der Waals surface area contributed by atoms with Crippen LogP contribution in [-0.4, -0.2) is 36.1 Å². The first-order chi connectivity index (χ1) is 14.5. The molecule has 8 heteroatoms. The predicted octanol–water partition coefficient (Wildman–Crippen LogP) is 6.61. The van der Waals surface area contributed by atoms with Crippen LogP contribution in [0.15, 0.2) is 18.2 Å².